The molecule has 2 aliphatic heterocycles. The van der Waals surface area contributed by atoms with E-state index in [1.165, 1.54) is 29.7 Å². The summed E-state index contributed by atoms with van der Waals surface area (Å²) >= 11 is 0. The fraction of sp³-hybridized carbons (Fsp3) is 0.517. The quantitative estimate of drug-likeness (QED) is 0.412. The summed E-state index contributed by atoms with van der Waals surface area (Å²) in [5, 5.41) is 1.16. The number of pyridine rings is 2. The number of H-pyrrole nitrogens is 1. The van der Waals surface area contributed by atoms with Crippen LogP contribution in [0, 0.1) is 5.41 Å². The van der Waals surface area contributed by atoms with Crippen LogP contribution in [0.1, 0.15) is 62.6 Å². The third-order valence-corrected chi connectivity index (χ3v) is 11.1. The predicted molar refractivity (Wildman–Crippen MR) is 148 cm³/mol. The van der Waals surface area contributed by atoms with Gasteiger partial charge in [0, 0.05) is 72.1 Å². The number of aromatic amines is 1. The maximum Gasteiger partial charge on any atom is 0.151 e. The summed E-state index contributed by atoms with van der Waals surface area (Å²) < 4.78 is 25.4. The number of aryl methyl sites for hydroxylation is 1. The van der Waals surface area contributed by atoms with E-state index in [4.69, 9.17) is 4.98 Å². The van der Waals surface area contributed by atoms with Crippen molar-refractivity contribution in [3.8, 4) is 11.3 Å². The van der Waals surface area contributed by atoms with E-state index in [0.29, 0.717) is 29.4 Å². The number of nitrogens with one attached hydrogen (secondary N) is 1. The molecule has 1 saturated carbocycles. The van der Waals surface area contributed by atoms with Crippen LogP contribution in [0.4, 0.5) is 0 Å². The van der Waals surface area contributed by atoms with Crippen LogP contribution in [-0.2, 0) is 16.9 Å². The first kappa shape index (κ1) is 23.4. The van der Waals surface area contributed by atoms with Crippen LogP contribution >= 0.6 is 0 Å². The molecule has 8 heteroatoms. The largest absolute Gasteiger partial charge is 0.353 e. The molecule has 7 nitrogen and oxygen atoms in total. The van der Waals surface area contributed by atoms with Crippen LogP contribution in [0.5, 0.6) is 0 Å². The Morgan fingerprint density at radius 2 is 1.84 bits per heavy atom. The van der Waals surface area contributed by atoms with Crippen molar-refractivity contribution < 1.29 is 8.42 Å². The highest BCUT2D eigenvalue weighted by Crippen LogP contribution is 2.46. The molecular weight excluding hydrogens is 482 g/mol. The predicted octanol–water partition coefficient (Wildman–Crippen LogP) is 5.00. The van der Waals surface area contributed by atoms with Gasteiger partial charge in [-0.2, -0.15) is 0 Å². The van der Waals surface area contributed by atoms with Crippen LogP contribution in [0.2, 0.25) is 0 Å². The number of fused-ring (bicyclic) bond motifs is 2. The van der Waals surface area contributed by atoms with Crippen molar-refractivity contribution in [3.63, 3.8) is 0 Å². The summed E-state index contributed by atoms with van der Waals surface area (Å²) in [6.07, 6.45) is 8.66. The number of rotatable bonds is 4. The summed E-state index contributed by atoms with van der Waals surface area (Å²) in [6, 6.07) is 9.19. The normalized spacial score (nSPS) is 25.1. The minimum absolute atomic E-state index is 0.0850. The minimum atomic E-state index is -2.74. The number of nitrogens with zero attached hydrogens (tertiary/aromatic N) is 4. The van der Waals surface area contributed by atoms with Gasteiger partial charge in [-0.1, -0.05) is 13.8 Å². The summed E-state index contributed by atoms with van der Waals surface area (Å²) in [6.45, 7) is 6.45. The van der Waals surface area contributed by atoms with Gasteiger partial charge in [-0.3, -0.25) is 9.88 Å². The van der Waals surface area contributed by atoms with Crippen LogP contribution in [0.25, 0.3) is 33.3 Å². The highest BCUT2D eigenvalue weighted by molar-refractivity contribution is 7.92. The third-order valence-electron chi connectivity index (χ3n) is 9.04. The Morgan fingerprint density at radius 1 is 1.08 bits per heavy atom. The maximum absolute atomic E-state index is 11.6. The van der Waals surface area contributed by atoms with E-state index in [1.807, 2.05) is 12.3 Å². The summed E-state index contributed by atoms with van der Waals surface area (Å²) in [4.78, 5) is 16.1. The van der Waals surface area contributed by atoms with E-state index >= 15 is 0 Å². The molecule has 0 unspecified atom stereocenters. The SMILES string of the molecule is CC(C)c1c(-c2cn(C)c3ncccc23)[nH]c2ccc(C3CCC(N4CC5(C4)CS(=O)(=O)C5)CC3)nc12. The Morgan fingerprint density at radius 3 is 2.54 bits per heavy atom. The lowest BCUT2D eigenvalue weighted by atomic mass is 9.77. The number of likely N-dealkylation sites (tertiary alicyclic amines) is 1. The first-order chi connectivity index (χ1) is 17.7. The van der Waals surface area contributed by atoms with E-state index in [9.17, 15) is 8.42 Å². The van der Waals surface area contributed by atoms with Gasteiger partial charge in [-0.05, 0) is 55.9 Å². The zero-order chi connectivity index (χ0) is 25.5. The van der Waals surface area contributed by atoms with E-state index in [-0.39, 0.29) is 5.41 Å². The van der Waals surface area contributed by atoms with Crippen molar-refractivity contribution >= 4 is 31.9 Å². The lowest BCUT2D eigenvalue weighted by Crippen LogP contribution is -2.70. The van der Waals surface area contributed by atoms with Gasteiger partial charge in [0.05, 0.1) is 28.2 Å². The number of hydrogen-bond acceptors (Lipinski definition) is 5. The van der Waals surface area contributed by atoms with Crippen LogP contribution < -0.4 is 0 Å². The van der Waals surface area contributed by atoms with E-state index in [2.05, 4.69) is 64.7 Å². The van der Waals surface area contributed by atoms with Gasteiger partial charge in [0.15, 0.2) is 9.84 Å². The van der Waals surface area contributed by atoms with Gasteiger partial charge in [0.2, 0.25) is 0 Å². The van der Waals surface area contributed by atoms with E-state index in [1.54, 1.807) is 0 Å². The smallest absolute Gasteiger partial charge is 0.151 e. The van der Waals surface area contributed by atoms with Gasteiger partial charge >= 0.3 is 0 Å². The topological polar surface area (TPSA) is 83.9 Å². The molecule has 0 amide bonds. The zero-order valence-corrected chi connectivity index (χ0v) is 22.7. The summed E-state index contributed by atoms with van der Waals surface area (Å²) in [5.41, 5.74) is 8.10. The standard InChI is InChI=1S/C29H35N5O2S/c1-18(2)25-26(22-13-33(3)28-21(22)5-4-12-30-28)32-24-11-10-23(31-27(24)25)19-6-8-20(9-7-19)34-14-29(15-34)16-37(35,36)17-29/h4-5,10-13,18-20,32H,6-9,14-17H2,1-3H3. The molecule has 1 spiro atoms. The molecule has 6 heterocycles. The lowest BCUT2D eigenvalue weighted by Gasteiger charge is -2.58. The lowest BCUT2D eigenvalue weighted by molar-refractivity contribution is -0.0238. The number of aromatic nitrogens is 4. The first-order valence-corrected chi connectivity index (χ1v) is 15.4. The molecule has 0 aromatic carbocycles. The Balaban J connectivity index is 1.13. The van der Waals surface area contributed by atoms with Crippen molar-refractivity contribution in [3.05, 3.63) is 47.9 Å². The second-order valence-electron chi connectivity index (χ2n) is 12.2. The fourth-order valence-electron chi connectivity index (χ4n) is 7.40. The molecular formula is C29H35N5O2S. The number of hydrogen-bond donors (Lipinski definition) is 1. The van der Waals surface area contributed by atoms with Gasteiger partial charge in [-0.25, -0.2) is 13.4 Å². The summed E-state index contributed by atoms with van der Waals surface area (Å²) in [7, 11) is -0.691. The molecule has 3 aliphatic rings. The molecule has 0 atom stereocenters. The monoisotopic (exact) mass is 517 g/mol. The third kappa shape index (κ3) is 3.75. The van der Waals surface area contributed by atoms with Crippen LogP contribution in [0.3, 0.4) is 0 Å². The Bertz CT molecular complexity index is 1600. The highest BCUT2D eigenvalue weighted by Gasteiger charge is 2.56. The van der Waals surface area contributed by atoms with Crippen LogP contribution in [0.15, 0.2) is 36.7 Å². The van der Waals surface area contributed by atoms with Gasteiger partial charge in [-0.15, -0.1) is 0 Å². The Kier molecular flexibility index (Phi) is 5.15. The second-order valence-corrected chi connectivity index (χ2v) is 14.2. The molecule has 0 bridgehead atoms. The Labute approximate surface area is 218 Å². The fourth-order valence-corrected chi connectivity index (χ4v) is 9.54. The maximum atomic E-state index is 11.6. The van der Waals surface area contributed by atoms with Gasteiger partial charge in [0.1, 0.15) is 5.65 Å². The molecule has 4 aromatic heterocycles. The molecule has 194 valence electrons. The van der Waals surface area contributed by atoms with E-state index in [0.717, 1.165) is 53.7 Å². The highest BCUT2D eigenvalue weighted by atomic mass is 32.2. The van der Waals surface area contributed by atoms with Gasteiger partial charge < -0.3 is 9.55 Å². The Hall–Kier alpha value is -2.71. The molecule has 2 saturated heterocycles. The molecule has 1 N–H and O–H groups in total. The molecule has 1 aliphatic carbocycles. The zero-order valence-electron chi connectivity index (χ0n) is 21.9. The van der Waals surface area contributed by atoms with Crippen molar-refractivity contribution in [2.24, 2.45) is 12.5 Å². The summed E-state index contributed by atoms with van der Waals surface area (Å²) in [5.74, 6) is 1.63. The van der Waals surface area contributed by atoms with Gasteiger partial charge in [0.25, 0.3) is 0 Å². The van der Waals surface area contributed by atoms with Crippen molar-refractivity contribution in [1.82, 2.24) is 24.4 Å². The molecule has 7 rings (SSSR count). The van der Waals surface area contributed by atoms with E-state index < -0.39 is 9.84 Å². The molecule has 4 aromatic rings. The molecule has 3 fully saturated rings. The first-order valence-electron chi connectivity index (χ1n) is 13.6. The van der Waals surface area contributed by atoms with Crippen molar-refractivity contribution in [2.75, 3.05) is 24.6 Å². The van der Waals surface area contributed by atoms with Crippen molar-refractivity contribution in [1.29, 1.82) is 0 Å². The average molecular weight is 518 g/mol. The minimum Gasteiger partial charge on any atom is -0.353 e. The molecule has 37 heavy (non-hydrogen) atoms. The van der Waals surface area contributed by atoms with Crippen LogP contribution in [-0.4, -0.2) is 63.5 Å². The molecule has 0 radical (unpaired) electrons. The van der Waals surface area contributed by atoms with Crippen molar-refractivity contribution in [2.45, 2.75) is 57.4 Å². The second kappa shape index (κ2) is 8.14. The average Bonchev–Trinajstić information content (AvgIpc) is 3.38. The number of sulfone groups is 1.